The first-order valence-electron chi connectivity index (χ1n) is 8.47. The Kier molecular flexibility index (Phi) is 3.30. The molecule has 0 fully saturated rings. The van der Waals surface area contributed by atoms with Crippen molar-refractivity contribution in [1.29, 1.82) is 0 Å². The monoisotopic (exact) mass is 308 g/mol. The highest BCUT2D eigenvalue weighted by atomic mass is 32.1. The number of benzene rings is 2. The summed E-state index contributed by atoms with van der Waals surface area (Å²) in [6, 6.07) is 12.1. The van der Waals surface area contributed by atoms with Crippen molar-refractivity contribution in [3.05, 3.63) is 47.0 Å². The lowest BCUT2D eigenvalue weighted by atomic mass is 9.87. The molecule has 4 rings (SSSR count). The van der Waals surface area contributed by atoms with Crippen molar-refractivity contribution in [2.75, 3.05) is 0 Å². The third kappa shape index (κ3) is 2.56. The summed E-state index contributed by atoms with van der Waals surface area (Å²) in [5, 5.41) is 2.95. The molecule has 0 bridgehead atoms. The highest BCUT2D eigenvalue weighted by Gasteiger charge is 2.15. The lowest BCUT2D eigenvalue weighted by Gasteiger charge is -2.18. The smallest absolute Gasteiger partial charge is 0.0358 e. The number of hydrogen-bond donors (Lipinski definition) is 0. The minimum atomic E-state index is 0.346. The number of thiophene rings is 1. The minimum absolute atomic E-state index is 0.346. The fraction of sp³-hybridized carbons (Fsp3) is 0.429. The average molecular weight is 308 g/mol. The van der Waals surface area contributed by atoms with Crippen molar-refractivity contribution < 1.29 is 0 Å². The molecule has 1 aliphatic carbocycles. The molecule has 0 saturated heterocycles. The van der Waals surface area contributed by atoms with Crippen LogP contribution in [-0.2, 0) is 19.3 Å². The summed E-state index contributed by atoms with van der Waals surface area (Å²) < 4.78 is 2.92. The zero-order valence-electron chi connectivity index (χ0n) is 13.8. The summed E-state index contributed by atoms with van der Waals surface area (Å²) >= 11 is 1.96. The Bertz CT molecular complexity index is 846. The fourth-order valence-electron chi connectivity index (χ4n) is 3.78. The van der Waals surface area contributed by atoms with E-state index in [0.29, 0.717) is 5.41 Å². The molecule has 1 heterocycles. The van der Waals surface area contributed by atoms with Gasteiger partial charge in [-0.05, 0) is 78.5 Å². The number of rotatable bonds is 1. The summed E-state index contributed by atoms with van der Waals surface area (Å²) in [6.45, 7) is 6.96. The lowest BCUT2D eigenvalue weighted by Crippen LogP contribution is -2.08. The minimum Gasteiger partial charge on any atom is -0.135 e. The lowest BCUT2D eigenvalue weighted by molar-refractivity contribution is 0.411. The van der Waals surface area contributed by atoms with Crippen molar-refractivity contribution in [3.8, 4) is 0 Å². The van der Waals surface area contributed by atoms with E-state index in [-0.39, 0.29) is 0 Å². The van der Waals surface area contributed by atoms with E-state index in [2.05, 4.69) is 51.1 Å². The SMILES string of the molecule is CC(C)(C)Cc1ccc2sc3cc4c(cc3c2c1)CCCC4. The topological polar surface area (TPSA) is 0 Å². The summed E-state index contributed by atoms with van der Waals surface area (Å²) in [5.74, 6) is 0. The van der Waals surface area contributed by atoms with Gasteiger partial charge < -0.3 is 0 Å². The van der Waals surface area contributed by atoms with Crippen molar-refractivity contribution in [1.82, 2.24) is 0 Å². The Hall–Kier alpha value is -1.34. The van der Waals surface area contributed by atoms with Gasteiger partial charge in [0.25, 0.3) is 0 Å². The zero-order valence-corrected chi connectivity index (χ0v) is 14.6. The van der Waals surface area contributed by atoms with E-state index in [4.69, 9.17) is 0 Å². The van der Waals surface area contributed by atoms with Gasteiger partial charge in [-0.25, -0.2) is 0 Å². The van der Waals surface area contributed by atoms with E-state index in [1.165, 1.54) is 51.4 Å². The van der Waals surface area contributed by atoms with Gasteiger partial charge >= 0.3 is 0 Å². The second-order valence-corrected chi connectivity index (χ2v) is 9.08. The highest BCUT2D eigenvalue weighted by molar-refractivity contribution is 7.25. The van der Waals surface area contributed by atoms with Gasteiger partial charge in [-0.3, -0.25) is 0 Å². The van der Waals surface area contributed by atoms with E-state index in [1.54, 1.807) is 11.1 Å². The van der Waals surface area contributed by atoms with Gasteiger partial charge in [-0.2, -0.15) is 0 Å². The van der Waals surface area contributed by atoms with Gasteiger partial charge in [0, 0.05) is 20.2 Å². The molecule has 0 N–H and O–H groups in total. The first-order chi connectivity index (χ1) is 10.5. The zero-order chi connectivity index (χ0) is 15.3. The van der Waals surface area contributed by atoms with Crippen LogP contribution in [-0.4, -0.2) is 0 Å². The van der Waals surface area contributed by atoms with Crippen LogP contribution in [0.2, 0.25) is 0 Å². The van der Waals surface area contributed by atoms with Gasteiger partial charge in [0.1, 0.15) is 0 Å². The Morgan fingerprint density at radius 2 is 1.55 bits per heavy atom. The van der Waals surface area contributed by atoms with Crippen LogP contribution in [0.3, 0.4) is 0 Å². The Morgan fingerprint density at radius 3 is 2.27 bits per heavy atom. The maximum Gasteiger partial charge on any atom is 0.0358 e. The van der Waals surface area contributed by atoms with E-state index in [0.717, 1.165) is 6.42 Å². The van der Waals surface area contributed by atoms with Crippen molar-refractivity contribution >= 4 is 31.5 Å². The van der Waals surface area contributed by atoms with Gasteiger partial charge in [-0.15, -0.1) is 11.3 Å². The largest absolute Gasteiger partial charge is 0.135 e. The molecule has 2 aromatic carbocycles. The first-order valence-corrected chi connectivity index (χ1v) is 9.28. The van der Waals surface area contributed by atoms with Crippen LogP contribution in [0, 0.1) is 5.41 Å². The molecule has 0 nitrogen and oxygen atoms in total. The number of hydrogen-bond acceptors (Lipinski definition) is 1. The van der Waals surface area contributed by atoms with Crippen molar-refractivity contribution in [2.24, 2.45) is 5.41 Å². The molecular formula is C21H24S. The molecule has 22 heavy (non-hydrogen) atoms. The Morgan fingerprint density at radius 1 is 0.864 bits per heavy atom. The summed E-state index contributed by atoms with van der Waals surface area (Å²) in [4.78, 5) is 0. The van der Waals surface area contributed by atoms with Crippen LogP contribution >= 0.6 is 11.3 Å². The van der Waals surface area contributed by atoms with E-state index < -0.39 is 0 Å². The van der Waals surface area contributed by atoms with Crippen LogP contribution in [0.5, 0.6) is 0 Å². The molecule has 0 unspecified atom stereocenters. The number of fused-ring (bicyclic) bond motifs is 4. The molecule has 1 aromatic heterocycles. The van der Waals surface area contributed by atoms with Crippen molar-refractivity contribution in [2.45, 2.75) is 52.9 Å². The van der Waals surface area contributed by atoms with E-state index in [1.807, 2.05) is 11.3 Å². The fourth-order valence-corrected chi connectivity index (χ4v) is 4.91. The predicted octanol–water partition coefficient (Wildman–Crippen LogP) is 6.52. The molecule has 0 aliphatic heterocycles. The first kappa shape index (κ1) is 14.3. The number of aryl methyl sites for hydroxylation is 2. The standard InChI is InChI=1S/C21H24S/c1-21(2,3)13-14-8-9-19-17(10-14)18-11-15-6-4-5-7-16(15)12-20(18)22-19/h8-12H,4-7,13H2,1-3H3. The quantitative estimate of drug-likeness (QED) is 0.480. The normalized spacial score (nSPS) is 15.4. The third-order valence-electron chi connectivity index (χ3n) is 4.73. The second kappa shape index (κ2) is 5.09. The van der Waals surface area contributed by atoms with Gasteiger partial charge in [0.2, 0.25) is 0 Å². The molecule has 0 radical (unpaired) electrons. The maximum absolute atomic E-state index is 2.49. The average Bonchev–Trinajstić information content (AvgIpc) is 2.80. The van der Waals surface area contributed by atoms with Crippen LogP contribution in [0.25, 0.3) is 20.2 Å². The van der Waals surface area contributed by atoms with Gasteiger partial charge in [-0.1, -0.05) is 26.8 Å². The van der Waals surface area contributed by atoms with Crippen molar-refractivity contribution in [3.63, 3.8) is 0 Å². The molecule has 0 amide bonds. The van der Waals surface area contributed by atoms with Crippen LogP contribution in [0.15, 0.2) is 30.3 Å². The van der Waals surface area contributed by atoms with E-state index in [9.17, 15) is 0 Å². The highest BCUT2D eigenvalue weighted by Crippen LogP contribution is 2.38. The Labute approximate surface area is 137 Å². The molecule has 0 atom stereocenters. The predicted molar refractivity (Wildman–Crippen MR) is 99.1 cm³/mol. The molecule has 3 aromatic rings. The second-order valence-electron chi connectivity index (χ2n) is 7.99. The van der Waals surface area contributed by atoms with Gasteiger partial charge in [0.15, 0.2) is 0 Å². The molecular weight excluding hydrogens is 284 g/mol. The molecule has 114 valence electrons. The molecule has 1 aliphatic rings. The summed E-state index contributed by atoms with van der Waals surface area (Å²) in [6.07, 6.45) is 6.40. The molecule has 0 saturated carbocycles. The molecule has 0 spiro atoms. The summed E-state index contributed by atoms with van der Waals surface area (Å²) in [5.41, 5.74) is 5.01. The molecule has 1 heteroatoms. The van der Waals surface area contributed by atoms with Crippen LogP contribution in [0.4, 0.5) is 0 Å². The maximum atomic E-state index is 2.49. The van der Waals surface area contributed by atoms with E-state index >= 15 is 0 Å². The van der Waals surface area contributed by atoms with Crippen LogP contribution in [0.1, 0.15) is 50.3 Å². The Balaban J connectivity index is 1.89. The van der Waals surface area contributed by atoms with Crippen LogP contribution < -0.4 is 0 Å². The summed E-state index contributed by atoms with van der Waals surface area (Å²) in [7, 11) is 0. The van der Waals surface area contributed by atoms with Gasteiger partial charge in [0.05, 0.1) is 0 Å². The third-order valence-corrected chi connectivity index (χ3v) is 5.87.